The molecule has 90 valence electrons. The summed E-state index contributed by atoms with van der Waals surface area (Å²) in [5.74, 6) is 0. The molecule has 0 spiro atoms. The molecule has 0 aromatic heterocycles. The van der Waals surface area contributed by atoms with Crippen LogP contribution in [0.2, 0.25) is 0 Å². The number of aliphatic hydroxyl groups is 1. The first-order valence-corrected chi connectivity index (χ1v) is 5.78. The van der Waals surface area contributed by atoms with Gasteiger partial charge in [-0.15, -0.1) is 0 Å². The number of nitrogens with two attached hydrogens (primary N) is 1. The van der Waals surface area contributed by atoms with Crippen molar-refractivity contribution in [1.82, 2.24) is 0 Å². The molecule has 3 N–H and O–H groups in total. The first-order chi connectivity index (χ1) is 7.27. The third-order valence-corrected chi connectivity index (χ3v) is 3.04. The normalized spacial score (nSPS) is 15.9. The van der Waals surface area contributed by atoms with Gasteiger partial charge in [0.25, 0.3) is 0 Å². The summed E-state index contributed by atoms with van der Waals surface area (Å²) in [6.07, 6.45) is 0.585. The molecule has 0 saturated carbocycles. The van der Waals surface area contributed by atoms with Crippen LogP contribution in [0.25, 0.3) is 0 Å². The van der Waals surface area contributed by atoms with Gasteiger partial charge in [0.1, 0.15) is 0 Å². The van der Waals surface area contributed by atoms with Crippen molar-refractivity contribution in [2.24, 2.45) is 5.73 Å². The maximum Gasteiger partial charge on any atom is 0.0451 e. The van der Waals surface area contributed by atoms with Crippen LogP contribution in [0.5, 0.6) is 0 Å². The molecule has 0 aliphatic heterocycles. The Hall–Kier alpha value is -0.860. The topological polar surface area (TPSA) is 46.2 Å². The summed E-state index contributed by atoms with van der Waals surface area (Å²) in [5, 5.41) is 8.97. The van der Waals surface area contributed by atoms with Crippen LogP contribution in [0, 0.1) is 0 Å². The van der Waals surface area contributed by atoms with Gasteiger partial charge in [0.2, 0.25) is 0 Å². The number of benzene rings is 1. The van der Waals surface area contributed by atoms with E-state index in [-0.39, 0.29) is 12.0 Å². The summed E-state index contributed by atoms with van der Waals surface area (Å²) in [6.45, 7) is 8.65. The molecule has 1 unspecified atom stereocenters. The second kappa shape index (κ2) is 4.56. The van der Waals surface area contributed by atoms with E-state index in [0.29, 0.717) is 6.42 Å². The zero-order chi connectivity index (χ0) is 12.4. The SMILES string of the molecule is CC(C)(C)c1ccc(C(C)(N)CCO)cc1. The van der Waals surface area contributed by atoms with Gasteiger partial charge in [-0.25, -0.2) is 0 Å². The minimum absolute atomic E-state index is 0.119. The molecule has 0 aliphatic rings. The molecule has 16 heavy (non-hydrogen) atoms. The van der Waals surface area contributed by atoms with E-state index in [0.717, 1.165) is 5.56 Å². The maximum absolute atomic E-state index is 8.97. The Labute approximate surface area is 98.5 Å². The Bertz CT molecular complexity index is 333. The highest BCUT2D eigenvalue weighted by Crippen LogP contribution is 2.26. The van der Waals surface area contributed by atoms with Crippen molar-refractivity contribution < 1.29 is 5.11 Å². The molecule has 0 bridgehead atoms. The van der Waals surface area contributed by atoms with Crippen LogP contribution in [0.4, 0.5) is 0 Å². The van der Waals surface area contributed by atoms with Gasteiger partial charge in [0, 0.05) is 12.1 Å². The fraction of sp³-hybridized carbons (Fsp3) is 0.571. The predicted molar refractivity (Wildman–Crippen MR) is 68.4 cm³/mol. The Morgan fingerprint density at radius 3 is 1.81 bits per heavy atom. The summed E-state index contributed by atoms with van der Waals surface area (Å²) in [6, 6.07) is 8.38. The highest BCUT2D eigenvalue weighted by molar-refractivity contribution is 5.31. The molecular weight excluding hydrogens is 198 g/mol. The molecule has 0 fully saturated rings. The molecule has 0 aliphatic carbocycles. The van der Waals surface area contributed by atoms with Crippen molar-refractivity contribution in [3.8, 4) is 0 Å². The van der Waals surface area contributed by atoms with Crippen molar-refractivity contribution in [1.29, 1.82) is 0 Å². The number of rotatable bonds is 3. The zero-order valence-electron chi connectivity index (χ0n) is 10.7. The highest BCUT2D eigenvalue weighted by Gasteiger charge is 2.21. The molecule has 2 heteroatoms. The maximum atomic E-state index is 8.97. The van der Waals surface area contributed by atoms with Gasteiger partial charge in [0.05, 0.1) is 0 Å². The molecule has 0 saturated heterocycles. The smallest absolute Gasteiger partial charge is 0.0451 e. The van der Waals surface area contributed by atoms with Crippen molar-refractivity contribution in [3.05, 3.63) is 35.4 Å². The Balaban J connectivity index is 2.95. The van der Waals surface area contributed by atoms with Crippen LogP contribution >= 0.6 is 0 Å². The molecule has 1 aromatic rings. The van der Waals surface area contributed by atoms with Gasteiger partial charge in [-0.2, -0.15) is 0 Å². The fourth-order valence-electron chi connectivity index (χ4n) is 1.73. The van der Waals surface area contributed by atoms with Gasteiger partial charge in [-0.05, 0) is 29.9 Å². The van der Waals surface area contributed by atoms with Gasteiger partial charge >= 0.3 is 0 Å². The Kier molecular flexibility index (Phi) is 3.76. The molecular formula is C14H23NO. The van der Waals surface area contributed by atoms with Crippen LogP contribution in [0.3, 0.4) is 0 Å². The van der Waals surface area contributed by atoms with Gasteiger partial charge in [-0.3, -0.25) is 0 Å². The largest absolute Gasteiger partial charge is 0.396 e. The summed E-state index contributed by atoms with van der Waals surface area (Å²) in [4.78, 5) is 0. The molecule has 1 rings (SSSR count). The lowest BCUT2D eigenvalue weighted by Crippen LogP contribution is -2.34. The van der Waals surface area contributed by atoms with Crippen LogP contribution in [-0.2, 0) is 11.0 Å². The molecule has 1 atom stereocenters. The first-order valence-electron chi connectivity index (χ1n) is 5.78. The Morgan fingerprint density at radius 1 is 1.00 bits per heavy atom. The van der Waals surface area contributed by atoms with Crippen LogP contribution in [0.15, 0.2) is 24.3 Å². The second-order valence-corrected chi connectivity index (χ2v) is 5.72. The lowest BCUT2D eigenvalue weighted by molar-refractivity contribution is 0.247. The first kappa shape index (κ1) is 13.2. The standard InChI is InChI=1S/C14H23NO/c1-13(2,3)11-5-7-12(8-6-11)14(4,15)9-10-16/h5-8,16H,9-10,15H2,1-4H3. The van der Waals surface area contributed by atoms with Crippen molar-refractivity contribution in [3.63, 3.8) is 0 Å². The molecule has 0 heterocycles. The summed E-state index contributed by atoms with van der Waals surface area (Å²) in [5.41, 5.74) is 8.26. The van der Waals surface area contributed by atoms with Crippen molar-refractivity contribution in [2.45, 2.75) is 45.1 Å². The van der Waals surface area contributed by atoms with Crippen LogP contribution in [0.1, 0.15) is 45.2 Å². The van der Waals surface area contributed by atoms with Gasteiger partial charge < -0.3 is 10.8 Å². The van der Waals surface area contributed by atoms with Crippen molar-refractivity contribution in [2.75, 3.05) is 6.61 Å². The minimum Gasteiger partial charge on any atom is -0.396 e. The van der Waals surface area contributed by atoms with Gasteiger partial charge in [0.15, 0.2) is 0 Å². The lowest BCUT2D eigenvalue weighted by atomic mass is 9.83. The van der Waals surface area contributed by atoms with E-state index in [4.69, 9.17) is 10.8 Å². The van der Waals surface area contributed by atoms with E-state index in [9.17, 15) is 0 Å². The Morgan fingerprint density at radius 2 is 1.44 bits per heavy atom. The third kappa shape index (κ3) is 3.06. The summed E-state index contributed by atoms with van der Waals surface area (Å²) in [7, 11) is 0. The zero-order valence-corrected chi connectivity index (χ0v) is 10.7. The van der Waals surface area contributed by atoms with E-state index in [1.165, 1.54) is 5.56 Å². The molecule has 1 aromatic carbocycles. The lowest BCUT2D eigenvalue weighted by Gasteiger charge is -2.26. The van der Waals surface area contributed by atoms with Crippen molar-refractivity contribution >= 4 is 0 Å². The molecule has 2 nitrogen and oxygen atoms in total. The third-order valence-electron chi connectivity index (χ3n) is 3.04. The predicted octanol–water partition coefficient (Wildman–Crippen LogP) is 2.54. The van der Waals surface area contributed by atoms with E-state index >= 15 is 0 Å². The van der Waals surface area contributed by atoms with E-state index in [2.05, 4.69) is 45.0 Å². The molecule has 0 amide bonds. The summed E-state index contributed by atoms with van der Waals surface area (Å²) >= 11 is 0. The van der Waals surface area contributed by atoms with E-state index in [1.807, 2.05) is 6.92 Å². The second-order valence-electron chi connectivity index (χ2n) is 5.72. The van der Waals surface area contributed by atoms with E-state index in [1.54, 1.807) is 0 Å². The average molecular weight is 221 g/mol. The monoisotopic (exact) mass is 221 g/mol. The average Bonchev–Trinajstić information content (AvgIpc) is 2.16. The fourth-order valence-corrected chi connectivity index (χ4v) is 1.73. The minimum atomic E-state index is -0.439. The highest BCUT2D eigenvalue weighted by atomic mass is 16.3. The number of hydrogen-bond acceptors (Lipinski definition) is 2. The quantitative estimate of drug-likeness (QED) is 0.824. The van der Waals surface area contributed by atoms with E-state index < -0.39 is 5.54 Å². The van der Waals surface area contributed by atoms with Crippen LogP contribution < -0.4 is 5.73 Å². The summed E-state index contributed by atoms with van der Waals surface area (Å²) < 4.78 is 0. The molecule has 0 radical (unpaired) electrons. The van der Waals surface area contributed by atoms with Gasteiger partial charge in [-0.1, -0.05) is 45.0 Å². The van der Waals surface area contributed by atoms with Crippen LogP contribution in [-0.4, -0.2) is 11.7 Å². The number of hydrogen-bond donors (Lipinski definition) is 2. The number of aliphatic hydroxyl groups excluding tert-OH is 1.